The lowest BCUT2D eigenvalue weighted by Crippen LogP contribution is -2.49. The zero-order chi connectivity index (χ0) is 20.9. The van der Waals surface area contributed by atoms with Crippen LogP contribution in [0.15, 0.2) is 49.1 Å². The first-order chi connectivity index (χ1) is 14.7. The Morgan fingerprint density at radius 2 is 1.80 bits per heavy atom. The second kappa shape index (κ2) is 8.76. The third kappa shape index (κ3) is 4.17. The molecule has 10 nitrogen and oxygen atoms in total. The number of para-hydroxylation sites is 1. The Kier molecular flexibility index (Phi) is 5.73. The Hall–Kier alpha value is -3.69. The van der Waals surface area contributed by atoms with Gasteiger partial charge in [-0.15, -0.1) is 0 Å². The summed E-state index contributed by atoms with van der Waals surface area (Å²) in [6.07, 6.45) is 4.85. The molecule has 0 bridgehead atoms. The van der Waals surface area contributed by atoms with Crippen LogP contribution in [0.3, 0.4) is 0 Å². The number of imidazole rings is 1. The summed E-state index contributed by atoms with van der Waals surface area (Å²) in [7, 11) is 1.92. The van der Waals surface area contributed by atoms with E-state index in [1.807, 2.05) is 42.3 Å². The molecule has 0 atom stereocenters. The van der Waals surface area contributed by atoms with Crippen LogP contribution in [-0.2, 0) is 4.74 Å². The molecule has 4 rings (SSSR count). The van der Waals surface area contributed by atoms with Crippen molar-refractivity contribution in [3.63, 3.8) is 0 Å². The lowest BCUT2D eigenvalue weighted by molar-refractivity contribution is 0.105. The first kappa shape index (κ1) is 19.6. The number of aromatic nitrogens is 5. The molecule has 1 aliphatic rings. The molecule has 30 heavy (non-hydrogen) atoms. The van der Waals surface area contributed by atoms with Gasteiger partial charge in [-0.3, -0.25) is 4.57 Å². The number of benzene rings is 1. The van der Waals surface area contributed by atoms with Crippen molar-refractivity contribution >= 4 is 23.7 Å². The van der Waals surface area contributed by atoms with Crippen LogP contribution >= 0.6 is 0 Å². The normalized spacial score (nSPS) is 13.9. The number of carbonyl (C=O) groups excluding carboxylic acids is 1. The highest BCUT2D eigenvalue weighted by atomic mass is 16.6. The van der Waals surface area contributed by atoms with Gasteiger partial charge in [0, 0.05) is 51.3 Å². The minimum absolute atomic E-state index is 0.281. The molecule has 0 saturated carbocycles. The number of rotatable bonds is 5. The fourth-order valence-corrected chi connectivity index (χ4v) is 3.20. The van der Waals surface area contributed by atoms with Crippen LogP contribution in [0.25, 0.3) is 5.95 Å². The van der Waals surface area contributed by atoms with Crippen molar-refractivity contribution in [1.29, 1.82) is 0 Å². The summed E-state index contributed by atoms with van der Waals surface area (Å²) in [5.74, 6) is 1.58. The zero-order valence-electron chi connectivity index (χ0n) is 17.0. The second-order valence-corrected chi connectivity index (χ2v) is 6.77. The van der Waals surface area contributed by atoms with Gasteiger partial charge in [0.1, 0.15) is 6.33 Å². The molecule has 0 spiro atoms. The van der Waals surface area contributed by atoms with Crippen molar-refractivity contribution in [2.45, 2.75) is 6.92 Å². The number of carbonyl (C=O) groups is 1. The van der Waals surface area contributed by atoms with Gasteiger partial charge in [-0.2, -0.15) is 15.0 Å². The van der Waals surface area contributed by atoms with E-state index in [1.165, 1.54) is 0 Å². The van der Waals surface area contributed by atoms with E-state index in [2.05, 4.69) is 19.9 Å². The summed E-state index contributed by atoms with van der Waals surface area (Å²) in [6.45, 7) is 4.50. The molecule has 0 unspecified atom stereocenters. The minimum Gasteiger partial charge on any atom is -0.450 e. The first-order valence-corrected chi connectivity index (χ1v) is 9.85. The molecule has 10 heteroatoms. The van der Waals surface area contributed by atoms with Crippen LogP contribution in [0.5, 0.6) is 0 Å². The fourth-order valence-electron chi connectivity index (χ4n) is 3.20. The van der Waals surface area contributed by atoms with Gasteiger partial charge in [0.15, 0.2) is 0 Å². The molecule has 1 fully saturated rings. The summed E-state index contributed by atoms with van der Waals surface area (Å²) in [4.78, 5) is 35.7. The number of nitrogens with zero attached hydrogens (tertiary/aromatic N) is 8. The summed E-state index contributed by atoms with van der Waals surface area (Å²) in [5, 5.41) is 0. The van der Waals surface area contributed by atoms with Crippen molar-refractivity contribution in [3.8, 4) is 5.95 Å². The van der Waals surface area contributed by atoms with E-state index < -0.39 is 0 Å². The molecule has 1 aromatic carbocycles. The molecule has 156 valence electrons. The van der Waals surface area contributed by atoms with E-state index in [9.17, 15) is 4.79 Å². The van der Waals surface area contributed by atoms with Gasteiger partial charge in [-0.25, -0.2) is 9.78 Å². The van der Waals surface area contributed by atoms with Crippen molar-refractivity contribution in [2.24, 2.45) is 0 Å². The third-order valence-corrected chi connectivity index (χ3v) is 4.87. The number of ether oxygens (including phenoxy) is 1. The monoisotopic (exact) mass is 408 g/mol. The van der Waals surface area contributed by atoms with E-state index in [-0.39, 0.29) is 6.09 Å². The van der Waals surface area contributed by atoms with Gasteiger partial charge in [0.25, 0.3) is 0 Å². The van der Waals surface area contributed by atoms with Gasteiger partial charge in [0.05, 0.1) is 6.61 Å². The molecule has 0 radical (unpaired) electrons. The number of hydrogen-bond donors (Lipinski definition) is 0. The zero-order valence-corrected chi connectivity index (χ0v) is 17.0. The molecule has 0 N–H and O–H groups in total. The summed E-state index contributed by atoms with van der Waals surface area (Å²) in [6, 6.07) is 9.91. The minimum atomic E-state index is -0.281. The van der Waals surface area contributed by atoms with E-state index >= 15 is 0 Å². The Balaban J connectivity index is 1.61. The molecular formula is C20H24N8O2. The molecule has 3 aromatic rings. The molecule has 1 saturated heterocycles. The highest BCUT2D eigenvalue weighted by molar-refractivity contribution is 5.68. The number of anilines is 3. The second-order valence-electron chi connectivity index (χ2n) is 6.77. The Morgan fingerprint density at radius 3 is 2.47 bits per heavy atom. The standard InChI is InChI=1S/C20H24N8O2/c1-3-30-20(29)27-13-11-26(12-14-27)18-22-17(25(2)16-7-5-4-6-8-16)23-19(24-18)28-10-9-21-15-28/h4-10,15H,3,11-14H2,1-2H3. The quantitative estimate of drug-likeness (QED) is 0.634. The Bertz CT molecular complexity index is 972. The van der Waals surface area contributed by atoms with Gasteiger partial charge in [-0.05, 0) is 19.1 Å². The van der Waals surface area contributed by atoms with Crippen LogP contribution in [0.4, 0.5) is 22.4 Å². The number of hydrogen-bond acceptors (Lipinski definition) is 8. The van der Waals surface area contributed by atoms with Crippen LogP contribution in [0.1, 0.15) is 6.92 Å². The van der Waals surface area contributed by atoms with Crippen molar-refractivity contribution < 1.29 is 9.53 Å². The Morgan fingerprint density at radius 1 is 1.07 bits per heavy atom. The van der Waals surface area contributed by atoms with E-state index in [0.29, 0.717) is 50.6 Å². The van der Waals surface area contributed by atoms with Crippen molar-refractivity contribution in [2.75, 3.05) is 49.6 Å². The maximum Gasteiger partial charge on any atom is 0.409 e. The fraction of sp³-hybridized carbons (Fsp3) is 0.350. The predicted octanol–water partition coefficient (Wildman–Crippen LogP) is 2.10. The number of amides is 1. The topological polar surface area (TPSA) is 92.5 Å². The van der Waals surface area contributed by atoms with E-state index in [0.717, 1.165) is 5.69 Å². The molecular weight excluding hydrogens is 384 g/mol. The molecule has 0 aliphatic carbocycles. The van der Waals surface area contributed by atoms with Gasteiger partial charge in [-0.1, -0.05) is 18.2 Å². The largest absolute Gasteiger partial charge is 0.450 e. The molecule has 2 aromatic heterocycles. The molecule has 1 amide bonds. The summed E-state index contributed by atoms with van der Waals surface area (Å²) in [5.41, 5.74) is 0.971. The highest BCUT2D eigenvalue weighted by Gasteiger charge is 2.25. The lowest BCUT2D eigenvalue weighted by Gasteiger charge is -2.34. The summed E-state index contributed by atoms with van der Waals surface area (Å²) < 4.78 is 6.85. The van der Waals surface area contributed by atoms with Gasteiger partial charge in [0.2, 0.25) is 17.8 Å². The maximum absolute atomic E-state index is 12.0. The third-order valence-electron chi connectivity index (χ3n) is 4.87. The maximum atomic E-state index is 12.0. The smallest absolute Gasteiger partial charge is 0.409 e. The predicted molar refractivity (Wildman–Crippen MR) is 112 cm³/mol. The van der Waals surface area contributed by atoms with E-state index in [4.69, 9.17) is 9.72 Å². The van der Waals surface area contributed by atoms with Gasteiger partial charge >= 0.3 is 6.09 Å². The molecule has 3 heterocycles. The number of piperazine rings is 1. The lowest BCUT2D eigenvalue weighted by atomic mass is 10.3. The first-order valence-electron chi connectivity index (χ1n) is 9.85. The van der Waals surface area contributed by atoms with Crippen molar-refractivity contribution in [1.82, 2.24) is 29.4 Å². The SMILES string of the molecule is CCOC(=O)N1CCN(c2nc(N(C)c3ccccc3)nc(-n3ccnc3)n2)CC1. The van der Waals surface area contributed by atoms with E-state index in [1.54, 1.807) is 35.1 Å². The van der Waals surface area contributed by atoms with Crippen molar-refractivity contribution in [3.05, 3.63) is 49.1 Å². The van der Waals surface area contributed by atoms with Gasteiger partial charge < -0.3 is 19.4 Å². The van der Waals surface area contributed by atoms with Crippen LogP contribution in [-0.4, -0.2) is 75.3 Å². The average molecular weight is 408 g/mol. The van der Waals surface area contributed by atoms with Crippen LogP contribution in [0, 0.1) is 0 Å². The average Bonchev–Trinajstić information content (AvgIpc) is 3.34. The highest BCUT2D eigenvalue weighted by Crippen LogP contribution is 2.23. The van der Waals surface area contributed by atoms with Crippen LogP contribution < -0.4 is 9.80 Å². The molecule has 1 aliphatic heterocycles. The van der Waals surface area contributed by atoms with Crippen LogP contribution in [0.2, 0.25) is 0 Å². The summed E-state index contributed by atoms with van der Waals surface area (Å²) >= 11 is 0. The Labute approximate surface area is 174 Å².